The van der Waals surface area contributed by atoms with Crippen LogP contribution in [0.25, 0.3) is 0 Å². The molecule has 0 bridgehead atoms. The van der Waals surface area contributed by atoms with Gasteiger partial charge in [0.25, 0.3) is 0 Å². The number of amidine groups is 1. The molecule has 0 radical (unpaired) electrons. The number of allylic oxidation sites excluding steroid dienone is 3. The first kappa shape index (κ1) is 27.3. The van der Waals surface area contributed by atoms with Crippen LogP contribution in [0.3, 0.4) is 0 Å². The highest BCUT2D eigenvalue weighted by Crippen LogP contribution is 2.42. The summed E-state index contributed by atoms with van der Waals surface area (Å²) in [6.45, 7) is 5.94. The summed E-state index contributed by atoms with van der Waals surface area (Å²) in [5.41, 5.74) is -1.20. The van der Waals surface area contributed by atoms with Gasteiger partial charge in [0, 0.05) is 34.6 Å². The molecule has 0 amide bonds. The van der Waals surface area contributed by atoms with Gasteiger partial charge in [0.05, 0.1) is 16.8 Å². The molecule has 38 heavy (non-hydrogen) atoms. The Morgan fingerprint density at radius 2 is 1.68 bits per heavy atom. The Hall–Kier alpha value is -3.76. The predicted octanol–water partition coefficient (Wildman–Crippen LogP) is 7.51. The van der Waals surface area contributed by atoms with E-state index in [2.05, 4.69) is 27.5 Å². The van der Waals surface area contributed by atoms with Gasteiger partial charge in [-0.1, -0.05) is 43.8 Å². The van der Waals surface area contributed by atoms with Gasteiger partial charge < -0.3 is 16.0 Å². The standard InChI is InChI=1S/C27H25F7N4/c1-3-14-35-23-16(12-13-20(22(23)28)27(32,33)34)15(2)36-25-18-9-5-7-11-21(18)37-24(38-25)17-8-4-6-10-19(17)26(29,30)31/h4-11,24,35,37H,2-3,12-14H2,1H3,(H,36,38). The van der Waals surface area contributed by atoms with Crippen LogP contribution in [0.15, 0.2) is 88.5 Å². The van der Waals surface area contributed by atoms with Gasteiger partial charge in [0.1, 0.15) is 12.0 Å². The summed E-state index contributed by atoms with van der Waals surface area (Å²) in [5, 5.41) is 8.69. The molecule has 0 spiro atoms. The number of anilines is 1. The maximum atomic E-state index is 15.0. The highest BCUT2D eigenvalue weighted by molar-refractivity contribution is 6.06. The maximum absolute atomic E-state index is 15.0. The van der Waals surface area contributed by atoms with Gasteiger partial charge >= 0.3 is 12.4 Å². The number of hydrogen-bond donors (Lipinski definition) is 3. The fraction of sp³-hybridized carbons (Fsp3) is 0.296. The van der Waals surface area contributed by atoms with Crippen molar-refractivity contribution in [1.82, 2.24) is 10.6 Å². The molecule has 202 valence electrons. The van der Waals surface area contributed by atoms with E-state index < -0.39 is 41.9 Å². The van der Waals surface area contributed by atoms with Crippen molar-refractivity contribution in [2.45, 2.75) is 44.7 Å². The zero-order valence-electron chi connectivity index (χ0n) is 20.3. The van der Waals surface area contributed by atoms with Crippen molar-refractivity contribution < 1.29 is 30.7 Å². The van der Waals surface area contributed by atoms with Crippen LogP contribution in [0.2, 0.25) is 0 Å². The lowest BCUT2D eigenvalue weighted by molar-refractivity contribution is -0.138. The number of halogens is 7. The van der Waals surface area contributed by atoms with Crippen LogP contribution in [0.4, 0.5) is 36.4 Å². The van der Waals surface area contributed by atoms with Gasteiger partial charge in [0.15, 0.2) is 5.83 Å². The molecule has 1 heterocycles. The average Bonchev–Trinajstić information content (AvgIpc) is 2.86. The van der Waals surface area contributed by atoms with Gasteiger partial charge in [-0.25, -0.2) is 9.38 Å². The molecular weight excluding hydrogens is 513 g/mol. The molecule has 0 saturated heterocycles. The van der Waals surface area contributed by atoms with Crippen LogP contribution in [-0.4, -0.2) is 18.6 Å². The topological polar surface area (TPSA) is 48.5 Å². The zero-order chi connectivity index (χ0) is 27.7. The molecule has 2 aromatic carbocycles. The number of alkyl halides is 6. The van der Waals surface area contributed by atoms with E-state index in [0.29, 0.717) is 17.7 Å². The highest BCUT2D eigenvalue weighted by Gasteiger charge is 2.41. The first-order valence-corrected chi connectivity index (χ1v) is 11.9. The fourth-order valence-corrected chi connectivity index (χ4v) is 4.42. The van der Waals surface area contributed by atoms with E-state index >= 15 is 4.39 Å². The Morgan fingerprint density at radius 1 is 1.00 bits per heavy atom. The first-order valence-electron chi connectivity index (χ1n) is 11.9. The van der Waals surface area contributed by atoms with E-state index in [9.17, 15) is 26.3 Å². The molecule has 0 saturated carbocycles. The number of nitrogens with zero attached hydrogens (tertiary/aromatic N) is 1. The largest absolute Gasteiger partial charge is 0.416 e. The third-order valence-electron chi connectivity index (χ3n) is 6.23. The van der Waals surface area contributed by atoms with Crippen molar-refractivity contribution in [3.8, 4) is 0 Å². The van der Waals surface area contributed by atoms with Crippen LogP contribution >= 0.6 is 0 Å². The number of hydrogen-bond acceptors (Lipinski definition) is 4. The van der Waals surface area contributed by atoms with E-state index in [4.69, 9.17) is 0 Å². The number of benzene rings is 2. The summed E-state index contributed by atoms with van der Waals surface area (Å²) < 4.78 is 96.3. The summed E-state index contributed by atoms with van der Waals surface area (Å²) in [7, 11) is 0. The van der Waals surface area contributed by atoms with Gasteiger partial charge in [-0.05, 0) is 37.5 Å². The molecule has 2 aromatic rings. The Labute approximate surface area is 215 Å². The van der Waals surface area contributed by atoms with Gasteiger partial charge in [-0.3, -0.25) is 0 Å². The Bertz CT molecular complexity index is 1320. The van der Waals surface area contributed by atoms with Gasteiger partial charge in [-0.15, -0.1) is 0 Å². The summed E-state index contributed by atoms with van der Waals surface area (Å²) in [6.07, 6.45) is -10.7. The molecule has 3 N–H and O–H groups in total. The molecule has 1 aliphatic heterocycles. The third kappa shape index (κ3) is 5.56. The van der Waals surface area contributed by atoms with Crippen LogP contribution in [0, 0.1) is 0 Å². The van der Waals surface area contributed by atoms with Crippen molar-refractivity contribution in [3.63, 3.8) is 0 Å². The lowest BCUT2D eigenvalue weighted by Gasteiger charge is -2.30. The zero-order valence-corrected chi connectivity index (χ0v) is 20.3. The molecule has 1 unspecified atom stereocenters. The van der Waals surface area contributed by atoms with E-state index in [1.54, 1.807) is 31.2 Å². The number of nitrogens with one attached hydrogen (secondary N) is 3. The quantitative estimate of drug-likeness (QED) is 0.334. The minimum Gasteiger partial charge on any atom is -0.382 e. The Kier molecular flexibility index (Phi) is 7.57. The highest BCUT2D eigenvalue weighted by atomic mass is 19.4. The van der Waals surface area contributed by atoms with E-state index in [1.807, 2.05) is 0 Å². The monoisotopic (exact) mass is 538 g/mol. The smallest absolute Gasteiger partial charge is 0.382 e. The van der Waals surface area contributed by atoms with Gasteiger partial charge in [-0.2, -0.15) is 26.3 Å². The van der Waals surface area contributed by atoms with E-state index in [1.165, 1.54) is 18.2 Å². The lowest BCUT2D eigenvalue weighted by Crippen LogP contribution is -2.33. The number of rotatable bonds is 6. The molecular formula is C27H25F7N4. The lowest BCUT2D eigenvalue weighted by atomic mass is 9.92. The second-order valence-corrected chi connectivity index (χ2v) is 8.83. The van der Waals surface area contributed by atoms with E-state index in [-0.39, 0.29) is 41.3 Å². The molecule has 11 heteroatoms. The van der Waals surface area contributed by atoms with Crippen LogP contribution in [0.1, 0.15) is 49.0 Å². The van der Waals surface area contributed by atoms with Crippen molar-refractivity contribution in [1.29, 1.82) is 0 Å². The summed E-state index contributed by atoms with van der Waals surface area (Å²) >= 11 is 0. The number of aliphatic imine (C=N–C) groups is 1. The maximum Gasteiger partial charge on any atom is 0.416 e. The second kappa shape index (κ2) is 10.5. The van der Waals surface area contributed by atoms with Crippen LogP contribution in [0.5, 0.6) is 0 Å². The molecule has 1 aliphatic carbocycles. The summed E-state index contributed by atoms with van der Waals surface area (Å²) in [5.74, 6) is -1.24. The predicted molar refractivity (Wildman–Crippen MR) is 132 cm³/mol. The summed E-state index contributed by atoms with van der Waals surface area (Å²) in [6, 6.07) is 11.8. The minimum atomic E-state index is -4.82. The van der Waals surface area contributed by atoms with Gasteiger partial charge in [0.2, 0.25) is 0 Å². The first-order chi connectivity index (χ1) is 17.9. The number of para-hydroxylation sites is 1. The molecule has 0 fully saturated rings. The normalized spacial score (nSPS) is 18.0. The van der Waals surface area contributed by atoms with Crippen molar-refractivity contribution in [2.75, 3.05) is 11.9 Å². The van der Waals surface area contributed by atoms with Crippen molar-refractivity contribution >= 4 is 11.5 Å². The number of fused-ring (bicyclic) bond motifs is 1. The SMILES string of the molecule is C=C(NC1=NC(c2ccccc2C(F)(F)F)Nc2ccccc21)C1=C(NCCC)C(F)=C(C(F)(F)F)CC1. The molecule has 2 aliphatic rings. The second-order valence-electron chi connectivity index (χ2n) is 8.83. The molecule has 4 rings (SSSR count). The molecule has 0 aromatic heterocycles. The average molecular weight is 539 g/mol. The molecule has 1 atom stereocenters. The van der Waals surface area contributed by atoms with Crippen LogP contribution < -0.4 is 16.0 Å². The minimum absolute atomic E-state index is 0.0956. The van der Waals surface area contributed by atoms with E-state index in [0.717, 1.165) is 6.07 Å². The summed E-state index contributed by atoms with van der Waals surface area (Å²) in [4.78, 5) is 4.47. The Morgan fingerprint density at radius 3 is 2.37 bits per heavy atom. The third-order valence-corrected chi connectivity index (χ3v) is 6.23. The fourth-order valence-electron chi connectivity index (χ4n) is 4.42. The van der Waals surface area contributed by atoms with Crippen molar-refractivity contribution in [3.05, 3.63) is 100 Å². The van der Waals surface area contributed by atoms with Crippen molar-refractivity contribution in [2.24, 2.45) is 4.99 Å². The molecule has 4 nitrogen and oxygen atoms in total. The van der Waals surface area contributed by atoms with Crippen LogP contribution in [-0.2, 0) is 6.18 Å². The Balaban J connectivity index is 1.75.